The lowest BCUT2D eigenvalue weighted by atomic mass is 10.1. The van der Waals surface area contributed by atoms with E-state index in [1.54, 1.807) is 0 Å². The number of amides is 2. The highest BCUT2D eigenvalue weighted by molar-refractivity contribution is 6.87. The number of methoxy groups -OCH3 is 1. The van der Waals surface area contributed by atoms with Crippen LogP contribution in [0.4, 0.5) is 10.5 Å². The van der Waals surface area contributed by atoms with Crippen molar-refractivity contribution < 1.29 is 46.6 Å². The molecule has 13 nitrogen and oxygen atoms in total. The molecule has 1 saturated heterocycles. The zero-order valence-electron chi connectivity index (χ0n) is 24.7. The average Bonchev–Trinajstić information content (AvgIpc) is 3.10. The third-order valence-corrected chi connectivity index (χ3v) is 15.8. The van der Waals surface area contributed by atoms with Gasteiger partial charge < -0.3 is 22.4 Å². The van der Waals surface area contributed by atoms with Crippen LogP contribution in [0.25, 0.3) is 0 Å². The number of nitro benzene ring substituents is 1. The van der Waals surface area contributed by atoms with Gasteiger partial charge in [-0.25, -0.2) is 4.79 Å². The summed E-state index contributed by atoms with van der Waals surface area (Å²) in [7, 11) is -4.68. The number of ether oxygens (including phenoxy) is 3. The second kappa shape index (κ2) is 13.2. The van der Waals surface area contributed by atoms with Crippen LogP contribution in [0.1, 0.15) is 37.9 Å². The minimum absolute atomic E-state index is 0.0155. The fourth-order valence-corrected chi connectivity index (χ4v) is 17.6. The van der Waals surface area contributed by atoms with Gasteiger partial charge in [-0.15, -0.1) is 0 Å². The summed E-state index contributed by atoms with van der Waals surface area (Å²) in [5.74, 6) is -0.976. The van der Waals surface area contributed by atoms with Crippen LogP contribution in [-0.2, 0) is 27.4 Å². The van der Waals surface area contributed by atoms with Crippen molar-refractivity contribution in [2.45, 2.75) is 84.2 Å². The molecule has 1 aliphatic rings. The maximum absolute atomic E-state index is 12.2. The highest BCUT2D eigenvalue weighted by Crippen LogP contribution is 2.39. The van der Waals surface area contributed by atoms with Crippen LogP contribution in [0.3, 0.4) is 0 Å². The second-order valence-electron chi connectivity index (χ2n) is 11.4. The van der Waals surface area contributed by atoms with Crippen LogP contribution in [0.5, 0.6) is 11.5 Å². The highest BCUT2D eigenvalue weighted by atomic mass is 28.5. The number of benzene rings is 1. The molecule has 1 aromatic rings. The van der Waals surface area contributed by atoms with Crippen LogP contribution in [0.15, 0.2) is 12.1 Å². The minimum Gasteiger partial charge on any atom is -0.493 e. The Morgan fingerprint density at radius 1 is 1.02 bits per heavy atom. The SMILES string of the molecule is COc1cc(C(C)OC(=O)ON2C(=O)CCC2=O)c([N+](=O)[O-])cc1OCCC[Si](C)(C)O[Si](C)(C)O[Si](C)(C)C. The summed E-state index contributed by atoms with van der Waals surface area (Å²) >= 11 is 0. The lowest BCUT2D eigenvalue weighted by Gasteiger charge is -2.37. The van der Waals surface area contributed by atoms with Crippen molar-refractivity contribution in [1.29, 1.82) is 0 Å². The van der Waals surface area contributed by atoms with Gasteiger partial charge in [0, 0.05) is 12.8 Å². The van der Waals surface area contributed by atoms with Crippen LogP contribution in [0.2, 0.25) is 51.9 Å². The van der Waals surface area contributed by atoms with Crippen molar-refractivity contribution in [3.05, 3.63) is 27.8 Å². The smallest absolute Gasteiger partial charge is 0.493 e. The van der Waals surface area contributed by atoms with Gasteiger partial charge in [0.25, 0.3) is 17.5 Å². The molecular weight excluding hydrogens is 577 g/mol. The third-order valence-electron chi connectivity index (χ3n) is 5.65. The molecule has 1 atom stereocenters. The summed E-state index contributed by atoms with van der Waals surface area (Å²) in [4.78, 5) is 51.4. The van der Waals surface area contributed by atoms with Crippen molar-refractivity contribution in [3.8, 4) is 11.5 Å². The molecule has 1 aliphatic heterocycles. The van der Waals surface area contributed by atoms with Crippen molar-refractivity contribution in [1.82, 2.24) is 5.06 Å². The standard InChI is InChI=1S/C24H40N2O11Si3/c1-17(34-24(29)35-25-22(27)11-12-23(25)28)18-15-20(32-2)21(16-19(18)26(30)31)33-13-10-14-39(6,7)37-40(8,9)36-38(3,4)5/h15-17H,10-14H2,1-9H3. The summed E-state index contributed by atoms with van der Waals surface area (Å²) in [6, 6.07) is 3.36. The van der Waals surface area contributed by atoms with Gasteiger partial charge in [0.1, 0.15) is 6.10 Å². The van der Waals surface area contributed by atoms with Crippen LogP contribution < -0.4 is 9.47 Å². The Bertz CT molecular complexity index is 1110. The molecule has 0 N–H and O–H groups in total. The van der Waals surface area contributed by atoms with E-state index in [9.17, 15) is 24.5 Å². The van der Waals surface area contributed by atoms with Gasteiger partial charge >= 0.3 is 14.7 Å². The van der Waals surface area contributed by atoms with Crippen molar-refractivity contribution in [3.63, 3.8) is 0 Å². The maximum Gasteiger partial charge on any atom is 0.534 e. The Morgan fingerprint density at radius 3 is 2.15 bits per heavy atom. The highest BCUT2D eigenvalue weighted by Gasteiger charge is 2.38. The van der Waals surface area contributed by atoms with E-state index in [4.69, 9.17) is 27.3 Å². The average molecular weight is 617 g/mol. The first kappa shape index (κ1) is 33.4. The number of hydrogen-bond donors (Lipinski definition) is 0. The van der Waals surface area contributed by atoms with E-state index in [2.05, 4.69) is 45.8 Å². The first-order valence-corrected chi connectivity index (χ1v) is 22.3. The predicted octanol–water partition coefficient (Wildman–Crippen LogP) is 5.43. The van der Waals surface area contributed by atoms with Crippen molar-refractivity contribution in [2.24, 2.45) is 0 Å². The summed E-state index contributed by atoms with van der Waals surface area (Å²) in [6.07, 6.45) is -2.01. The Hall–Kier alpha value is -2.80. The predicted molar refractivity (Wildman–Crippen MR) is 152 cm³/mol. The zero-order valence-corrected chi connectivity index (χ0v) is 27.7. The van der Waals surface area contributed by atoms with E-state index < -0.39 is 54.2 Å². The minimum atomic E-state index is -2.27. The summed E-state index contributed by atoms with van der Waals surface area (Å²) < 4.78 is 29.2. The molecule has 0 aromatic heterocycles. The number of hydroxylamine groups is 2. The number of carbonyl (C=O) groups is 3. The van der Waals surface area contributed by atoms with Crippen molar-refractivity contribution >= 4 is 48.9 Å². The van der Waals surface area contributed by atoms with E-state index in [0.717, 1.165) is 6.04 Å². The van der Waals surface area contributed by atoms with Gasteiger partial charge in [-0.3, -0.25) is 24.5 Å². The maximum atomic E-state index is 12.2. The fourth-order valence-electron chi connectivity index (χ4n) is 4.44. The molecular formula is C24H40N2O11Si3. The molecule has 2 amide bonds. The number of nitro groups is 1. The van der Waals surface area contributed by atoms with E-state index in [-0.39, 0.29) is 42.2 Å². The van der Waals surface area contributed by atoms with Gasteiger partial charge in [-0.05, 0) is 71.3 Å². The Morgan fingerprint density at radius 2 is 1.62 bits per heavy atom. The molecule has 1 heterocycles. The topological polar surface area (TPSA) is 153 Å². The molecule has 1 fully saturated rings. The molecule has 224 valence electrons. The quantitative estimate of drug-likeness (QED) is 0.0657. The van der Waals surface area contributed by atoms with Gasteiger partial charge in [-0.1, -0.05) is 5.06 Å². The van der Waals surface area contributed by atoms with E-state index in [0.29, 0.717) is 11.5 Å². The number of hydrogen-bond acceptors (Lipinski definition) is 11. The lowest BCUT2D eigenvalue weighted by Crippen LogP contribution is -2.51. The normalized spacial score (nSPS) is 15.2. The van der Waals surface area contributed by atoms with Gasteiger partial charge in [-0.2, -0.15) is 0 Å². The Labute approximate surface area is 237 Å². The third kappa shape index (κ3) is 9.99. The lowest BCUT2D eigenvalue weighted by molar-refractivity contribution is -0.386. The molecule has 16 heteroatoms. The molecule has 0 spiro atoms. The van der Waals surface area contributed by atoms with Crippen LogP contribution >= 0.6 is 0 Å². The zero-order chi connectivity index (χ0) is 30.5. The van der Waals surface area contributed by atoms with Gasteiger partial charge in [0.2, 0.25) is 0 Å². The first-order valence-electron chi connectivity index (χ1n) is 13.0. The number of rotatable bonds is 14. The Balaban J connectivity index is 2.06. The molecule has 1 unspecified atom stereocenters. The largest absolute Gasteiger partial charge is 0.534 e. The number of imide groups is 1. The summed E-state index contributed by atoms with van der Waals surface area (Å²) in [5.41, 5.74) is -0.347. The van der Waals surface area contributed by atoms with Crippen molar-refractivity contribution in [2.75, 3.05) is 13.7 Å². The van der Waals surface area contributed by atoms with E-state index in [1.807, 2.05) is 0 Å². The van der Waals surface area contributed by atoms with E-state index >= 15 is 0 Å². The summed E-state index contributed by atoms with van der Waals surface area (Å²) in [6.45, 7) is 16.5. The molecule has 2 rings (SSSR count). The number of nitrogens with zero attached hydrogens (tertiary/aromatic N) is 2. The molecule has 0 bridgehead atoms. The fraction of sp³-hybridized carbons (Fsp3) is 0.625. The van der Waals surface area contributed by atoms with E-state index in [1.165, 1.54) is 26.2 Å². The second-order valence-corrected chi connectivity index (χ2v) is 24.1. The van der Waals surface area contributed by atoms with Gasteiger partial charge in [0.15, 0.2) is 28.1 Å². The Kier molecular flexibility index (Phi) is 11.1. The van der Waals surface area contributed by atoms with Gasteiger partial charge in [0.05, 0.1) is 30.3 Å². The first-order chi connectivity index (χ1) is 18.3. The molecule has 1 aromatic carbocycles. The van der Waals surface area contributed by atoms with Crippen LogP contribution in [0, 0.1) is 10.1 Å². The molecule has 0 radical (unpaired) electrons. The number of carbonyl (C=O) groups excluding carboxylic acids is 3. The van der Waals surface area contributed by atoms with Crippen LogP contribution in [-0.4, -0.2) is 66.9 Å². The summed E-state index contributed by atoms with van der Waals surface area (Å²) in [5, 5.41) is 12.2. The molecule has 40 heavy (non-hydrogen) atoms. The molecule has 0 saturated carbocycles. The monoisotopic (exact) mass is 616 g/mol. The molecule has 0 aliphatic carbocycles.